The SMILES string of the molecule is CCNc1cc(C)nc(N2CCN(C(=O)C3CC(=O)N(c4ccc(C)cc4)C3)CC2)n1. The van der Waals surface area contributed by atoms with E-state index in [0.717, 1.165) is 29.3 Å². The van der Waals surface area contributed by atoms with Crippen molar-refractivity contribution in [1.82, 2.24) is 14.9 Å². The van der Waals surface area contributed by atoms with Crippen LogP contribution in [0.2, 0.25) is 0 Å². The van der Waals surface area contributed by atoms with Gasteiger partial charge in [0.25, 0.3) is 0 Å². The number of nitrogens with zero attached hydrogens (tertiary/aromatic N) is 5. The summed E-state index contributed by atoms with van der Waals surface area (Å²) >= 11 is 0. The third-order valence-electron chi connectivity index (χ3n) is 5.89. The standard InChI is InChI=1S/C23H30N6O2/c1-4-24-20-13-17(3)25-23(26-20)28-11-9-27(10-12-28)22(31)18-14-21(30)29(15-18)19-7-5-16(2)6-8-19/h5-8,13,18H,4,9-12,14-15H2,1-3H3,(H,24,25,26). The molecule has 0 spiro atoms. The molecule has 1 aromatic heterocycles. The third-order valence-corrected chi connectivity index (χ3v) is 5.89. The molecule has 3 heterocycles. The highest BCUT2D eigenvalue weighted by Crippen LogP contribution is 2.27. The van der Waals surface area contributed by atoms with Gasteiger partial charge in [-0.05, 0) is 32.9 Å². The van der Waals surface area contributed by atoms with E-state index in [4.69, 9.17) is 0 Å². The van der Waals surface area contributed by atoms with Crippen molar-refractivity contribution in [1.29, 1.82) is 0 Å². The van der Waals surface area contributed by atoms with E-state index in [1.54, 1.807) is 4.90 Å². The molecule has 2 aliphatic heterocycles. The van der Waals surface area contributed by atoms with Gasteiger partial charge in [0.1, 0.15) is 5.82 Å². The molecule has 2 aliphatic rings. The van der Waals surface area contributed by atoms with E-state index < -0.39 is 0 Å². The highest BCUT2D eigenvalue weighted by Gasteiger charge is 2.38. The molecule has 1 atom stereocenters. The quantitative estimate of drug-likeness (QED) is 0.796. The first-order valence-corrected chi connectivity index (χ1v) is 10.9. The summed E-state index contributed by atoms with van der Waals surface area (Å²) < 4.78 is 0. The summed E-state index contributed by atoms with van der Waals surface area (Å²) in [5, 5.41) is 3.24. The lowest BCUT2D eigenvalue weighted by Crippen LogP contribution is -2.51. The van der Waals surface area contributed by atoms with E-state index in [0.29, 0.717) is 38.7 Å². The van der Waals surface area contributed by atoms with Gasteiger partial charge in [-0.15, -0.1) is 0 Å². The van der Waals surface area contributed by atoms with Crippen LogP contribution < -0.4 is 15.1 Å². The van der Waals surface area contributed by atoms with Crippen LogP contribution in [0.15, 0.2) is 30.3 Å². The maximum absolute atomic E-state index is 13.1. The fraction of sp³-hybridized carbons (Fsp3) is 0.478. The Hall–Kier alpha value is -3.16. The minimum Gasteiger partial charge on any atom is -0.370 e. The molecule has 8 heteroatoms. The number of hydrogen-bond acceptors (Lipinski definition) is 6. The van der Waals surface area contributed by atoms with Crippen LogP contribution in [0.25, 0.3) is 0 Å². The Morgan fingerprint density at radius 2 is 1.81 bits per heavy atom. The average molecular weight is 423 g/mol. The summed E-state index contributed by atoms with van der Waals surface area (Å²) in [6.07, 6.45) is 0.278. The second-order valence-corrected chi connectivity index (χ2v) is 8.28. The van der Waals surface area contributed by atoms with Crippen molar-refractivity contribution < 1.29 is 9.59 Å². The van der Waals surface area contributed by atoms with Crippen LogP contribution in [0.1, 0.15) is 24.6 Å². The lowest BCUT2D eigenvalue weighted by atomic mass is 10.1. The lowest BCUT2D eigenvalue weighted by Gasteiger charge is -2.36. The summed E-state index contributed by atoms with van der Waals surface area (Å²) in [5.41, 5.74) is 2.93. The lowest BCUT2D eigenvalue weighted by molar-refractivity contribution is -0.136. The van der Waals surface area contributed by atoms with Crippen molar-refractivity contribution in [3.8, 4) is 0 Å². The zero-order chi connectivity index (χ0) is 22.0. The number of benzene rings is 1. The van der Waals surface area contributed by atoms with Crippen molar-refractivity contribution in [3.63, 3.8) is 0 Å². The molecule has 1 unspecified atom stereocenters. The Morgan fingerprint density at radius 3 is 2.48 bits per heavy atom. The molecule has 1 N–H and O–H groups in total. The summed E-state index contributed by atoms with van der Waals surface area (Å²) in [6.45, 7) is 9.87. The van der Waals surface area contributed by atoms with Crippen molar-refractivity contribution >= 4 is 29.3 Å². The molecule has 0 aliphatic carbocycles. The first-order chi connectivity index (χ1) is 14.9. The van der Waals surface area contributed by atoms with E-state index in [1.165, 1.54) is 0 Å². The molecule has 2 fully saturated rings. The van der Waals surface area contributed by atoms with Gasteiger partial charge in [0.05, 0.1) is 5.92 Å². The van der Waals surface area contributed by atoms with Gasteiger partial charge in [-0.2, -0.15) is 4.98 Å². The Bertz CT molecular complexity index is 953. The highest BCUT2D eigenvalue weighted by molar-refractivity contribution is 6.00. The van der Waals surface area contributed by atoms with E-state index >= 15 is 0 Å². The minimum absolute atomic E-state index is 0.0185. The number of anilines is 3. The van der Waals surface area contributed by atoms with Crippen LogP contribution in [0.5, 0.6) is 0 Å². The fourth-order valence-electron chi connectivity index (χ4n) is 4.20. The molecule has 164 valence electrons. The molecule has 2 amide bonds. The number of piperazine rings is 1. The van der Waals surface area contributed by atoms with E-state index in [1.807, 2.05) is 56.0 Å². The van der Waals surface area contributed by atoms with Gasteiger partial charge in [0.2, 0.25) is 17.8 Å². The van der Waals surface area contributed by atoms with Crippen LogP contribution in [-0.2, 0) is 9.59 Å². The van der Waals surface area contributed by atoms with Crippen molar-refractivity contribution in [2.45, 2.75) is 27.2 Å². The normalized spacial score (nSPS) is 19.1. The maximum Gasteiger partial charge on any atom is 0.228 e. The van der Waals surface area contributed by atoms with Crippen LogP contribution in [0.3, 0.4) is 0 Å². The zero-order valence-electron chi connectivity index (χ0n) is 18.5. The summed E-state index contributed by atoms with van der Waals surface area (Å²) in [6, 6.07) is 9.81. The van der Waals surface area contributed by atoms with E-state index in [-0.39, 0.29) is 24.2 Å². The number of aryl methyl sites for hydroxylation is 2. The number of nitrogens with one attached hydrogen (secondary N) is 1. The average Bonchev–Trinajstić information content (AvgIpc) is 3.15. The van der Waals surface area contributed by atoms with Gasteiger partial charge < -0.3 is 20.0 Å². The minimum atomic E-state index is -0.282. The van der Waals surface area contributed by atoms with Gasteiger partial charge in [-0.1, -0.05) is 17.7 Å². The number of rotatable bonds is 5. The van der Waals surface area contributed by atoms with Crippen molar-refractivity contribution in [2.75, 3.05) is 54.4 Å². The zero-order valence-corrected chi connectivity index (χ0v) is 18.5. The number of hydrogen-bond donors (Lipinski definition) is 1. The number of aromatic nitrogens is 2. The highest BCUT2D eigenvalue weighted by atomic mass is 16.2. The molecule has 8 nitrogen and oxygen atoms in total. The monoisotopic (exact) mass is 422 g/mol. The molecule has 2 aromatic rings. The van der Waals surface area contributed by atoms with Gasteiger partial charge in [-0.3, -0.25) is 9.59 Å². The van der Waals surface area contributed by atoms with Gasteiger partial charge in [0.15, 0.2) is 0 Å². The van der Waals surface area contributed by atoms with Crippen LogP contribution in [-0.4, -0.2) is 66.0 Å². The summed E-state index contributed by atoms with van der Waals surface area (Å²) in [4.78, 5) is 40.5. The van der Waals surface area contributed by atoms with Crippen molar-refractivity contribution in [3.05, 3.63) is 41.6 Å². The topological polar surface area (TPSA) is 81.7 Å². The molecular weight excluding hydrogens is 392 g/mol. The predicted octanol–water partition coefficient (Wildman–Crippen LogP) is 2.23. The summed E-state index contributed by atoms with van der Waals surface area (Å²) in [5.74, 6) is 1.33. The molecule has 1 aromatic carbocycles. The number of amides is 2. The Balaban J connectivity index is 1.36. The van der Waals surface area contributed by atoms with Crippen LogP contribution >= 0.6 is 0 Å². The molecule has 0 saturated carbocycles. The number of carbonyl (C=O) groups is 2. The van der Waals surface area contributed by atoms with E-state index in [9.17, 15) is 9.59 Å². The Labute approximate surface area is 183 Å². The third kappa shape index (κ3) is 4.62. The molecule has 4 rings (SSSR count). The Kier molecular flexibility index (Phi) is 6.06. The van der Waals surface area contributed by atoms with Crippen molar-refractivity contribution in [2.24, 2.45) is 5.92 Å². The summed E-state index contributed by atoms with van der Waals surface area (Å²) in [7, 11) is 0. The van der Waals surface area contributed by atoms with Crippen LogP contribution in [0, 0.1) is 19.8 Å². The van der Waals surface area contributed by atoms with Gasteiger partial charge >= 0.3 is 0 Å². The van der Waals surface area contributed by atoms with Gasteiger partial charge in [-0.25, -0.2) is 4.98 Å². The largest absolute Gasteiger partial charge is 0.370 e. The first kappa shape index (κ1) is 21.1. The second kappa shape index (κ2) is 8.91. The van der Waals surface area contributed by atoms with Crippen LogP contribution in [0.4, 0.5) is 17.5 Å². The predicted molar refractivity (Wildman–Crippen MR) is 121 cm³/mol. The Morgan fingerprint density at radius 1 is 1.10 bits per heavy atom. The molecule has 0 bridgehead atoms. The smallest absolute Gasteiger partial charge is 0.228 e. The fourth-order valence-corrected chi connectivity index (χ4v) is 4.20. The molecule has 0 radical (unpaired) electrons. The number of carbonyl (C=O) groups excluding carboxylic acids is 2. The van der Waals surface area contributed by atoms with E-state index in [2.05, 4.69) is 20.2 Å². The molecule has 2 saturated heterocycles. The molecule has 31 heavy (non-hydrogen) atoms. The second-order valence-electron chi connectivity index (χ2n) is 8.28. The maximum atomic E-state index is 13.1. The first-order valence-electron chi connectivity index (χ1n) is 10.9. The van der Waals surface area contributed by atoms with Gasteiger partial charge in [0, 0.05) is 63.1 Å². The molecular formula is C23H30N6O2.